The van der Waals surface area contributed by atoms with Gasteiger partial charge in [0.2, 0.25) is 0 Å². The normalized spacial score (nSPS) is 41.8. The summed E-state index contributed by atoms with van der Waals surface area (Å²) in [4.78, 5) is 0. The average Bonchev–Trinajstić information content (AvgIpc) is 3.49. The van der Waals surface area contributed by atoms with Gasteiger partial charge in [0.15, 0.2) is 0 Å². The Morgan fingerprint density at radius 2 is 1.89 bits per heavy atom. The lowest BCUT2D eigenvalue weighted by Crippen LogP contribution is -2.54. The van der Waals surface area contributed by atoms with Crippen LogP contribution in [0.3, 0.4) is 0 Å². The van der Waals surface area contributed by atoms with Crippen molar-refractivity contribution >= 4 is 0 Å². The molecule has 0 amide bonds. The summed E-state index contributed by atoms with van der Waals surface area (Å²) < 4.78 is 6.17. The van der Waals surface area contributed by atoms with E-state index in [-0.39, 0.29) is 17.6 Å². The quantitative estimate of drug-likeness (QED) is 0.369. The van der Waals surface area contributed by atoms with E-state index in [1.807, 2.05) is 6.07 Å². The zero-order valence-corrected chi connectivity index (χ0v) is 23.2. The molecule has 1 aromatic heterocycles. The Balaban J connectivity index is 1.27. The minimum atomic E-state index is -0.496. The molecule has 0 unspecified atom stereocenters. The van der Waals surface area contributed by atoms with Gasteiger partial charge >= 0.3 is 0 Å². The number of hydrogen-bond acceptors (Lipinski definition) is 4. The van der Waals surface area contributed by atoms with E-state index in [9.17, 15) is 10.2 Å². The van der Waals surface area contributed by atoms with Crippen LogP contribution in [0.15, 0.2) is 23.9 Å². The first-order valence-corrected chi connectivity index (χ1v) is 14.8. The Hall–Kier alpha value is -1.17. The number of hydrogen-bond donors (Lipinski definition) is 3. The van der Waals surface area contributed by atoms with Gasteiger partial charge in [-0.3, -0.25) is 5.10 Å². The smallest absolute Gasteiger partial charge is 0.102 e. The first-order valence-electron chi connectivity index (χ1n) is 14.8. The molecule has 10 atom stereocenters. The number of allylic oxidation sites excluding steroid dienone is 1. The van der Waals surface area contributed by atoms with E-state index < -0.39 is 6.10 Å². The van der Waals surface area contributed by atoms with Crippen LogP contribution in [0.1, 0.15) is 98.1 Å². The molecule has 1 heterocycles. The maximum Gasteiger partial charge on any atom is 0.102 e. The number of rotatable bonds is 8. The largest absolute Gasteiger partial charge is 0.393 e. The average molecular weight is 499 g/mol. The summed E-state index contributed by atoms with van der Waals surface area (Å²) in [6, 6.07) is 1.94. The minimum Gasteiger partial charge on any atom is -0.393 e. The number of H-pyrrole nitrogens is 1. The van der Waals surface area contributed by atoms with Crippen molar-refractivity contribution < 1.29 is 14.9 Å². The molecule has 4 aliphatic rings. The molecule has 0 aliphatic heterocycles. The molecule has 5 nitrogen and oxygen atoms in total. The van der Waals surface area contributed by atoms with E-state index in [2.05, 4.69) is 50.9 Å². The second-order valence-corrected chi connectivity index (χ2v) is 13.7. The molecular weight excluding hydrogens is 448 g/mol. The van der Waals surface area contributed by atoms with E-state index in [1.165, 1.54) is 31.3 Å². The maximum atomic E-state index is 11.4. The highest BCUT2D eigenvalue weighted by molar-refractivity contribution is 5.29. The molecular formula is C31H50N2O3. The molecule has 0 bridgehead atoms. The molecule has 5 rings (SSSR count). The van der Waals surface area contributed by atoms with Crippen LogP contribution < -0.4 is 0 Å². The fraction of sp³-hybridized carbons (Fsp3) is 0.839. The van der Waals surface area contributed by atoms with Gasteiger partial charge in [0.25, 0.3) is 0 Å². The zero-order valence-electron chi connectivity index (χ0n) is 23.2. The van der Waals surface area contributed by atoms with Crippen LogP contribution in [-0.4, -0.2) is 38.7 Å². The number of aromatic amines is 1. The topological polar surface area (TPSA) is 78.4 Å². The molecule has 4 aliphatic carbocycles. The van der Waals surface area contributed by atoms with Gasteiger partial charge in [-0.25, -0.2) is 0 Å². The van der Waals surface area contributed by atoms with Crippen LogP contribution >= 0.6 is 0 Å². The predicted molar refractivity (Wildman–Crippen MR) is 143 cm³/mol. The number of nitrogens with zero attached hydrogens (tertiary/aromatic N) is 1. The second-order valence-electron chi connectivity index (χ2n) is 13.7. The monoisotopic (exact) mass is 498 g/mol. The Labute approximate surface area is 218 Å². The third kappa shape index (κ3) is 4.52. The fourth-order valence-electron chi connectivity index (χ4n) is 9.39. The lowest BCUT2D eigenvalue weighted by Gasteiger charge is -2.59. The van der Waals surface area contributed by atoms with E-state index in [0.717, 1.165) is 55.6 Å². The standard InChI is InChI=1S/C31H50N2O3/c1-19(2)27(34)11-6-20(3)23-9-10-24-22-7-8-26-29(35)28(36-18-21-14-17-32-33-21)13-16-31(26,5)25(22)12-15-30(23,24)4/h8,14,17,19-20,22-25,27-29,34-35H,6-7,9-13,15-16,18H2,1-5H3,(H,32,33)/t20-,22+,23-,24+,25+,27+,28+,29-,30-,31-/m1/s1. The lowest BCUT2D eigenvalue weighted by molar-refractivity contribution is -0.101. The third-order valence-corrected chi connectivity index (χ3v) is 11.6. The summed E-state index contributed by atoms with van der Waals surface area (Å²) in [6.07, 6.45) is 13.9. The molecule has 202 valence electrons. The summed E-state index contributed by atoms with van der Waals surface area (Å²) in [6.45, 7) is 12.3. The van der Waals surface area contributed by atoms with Crippen molar-refractivity contribution in [3.05, 3.63) is 29.6 Å². The Morgan fingerprint density at radius 1 is 1.08 bits per heavy atom. The van der Waals surface area contributed by atoms with E-state index in [1.54, 1.807) is 6.20 Å². The van der Waals surface area contributed by atoms with Gasteiger partial charge in [-0.1, -0.05) is 40.7 Å². The number of aromatic nitrogens is 2. The van der Waals surface area contributed by atoms with Gasteiger partial charge in [0.05, 0.1) is 24.5 Å². The molecule has 0 aromatic carbocycles. The summed E-state index contributed by atoms with van der Waals surface area (Å²) in [5.74, 6) is 4.02. The van der Waals surface area contributed by atoms with Crippen LogP contribution in [0.2, 0.25) is 0 Å². The third-order valence-electron chi connectivity index (χ3n) is 11.6. The first-order chi connectivity index (χ1) is 17.1. The minimum absolute atomic E-state index is 0.0998. The molecule has 3 N–H and O–H groups in total. The van der Waals surface area contributed by atoms with Crippen molar-refractivity contribution in [1.29, 1.82) is 0 Å². The van der Waals surface area contributed by atoms with Crippen LogP contribution in [0.4, 0.5) is 0 Å². The summed E-state index contributed by atoms with van der Waals surface area (Å²) in [5.41, 5.74) is 2.75. The zero-order chi connectivity index (χ0) is 25.7. The van der Waals surface area contributed by atoms with E-state index in [0.29, 0.717) is 29.8 Å². The predicted octanol–water partition coefficient (Wildman–Crippen LogP) is 6.28. The molecule has 3 fully saturated rings. The number of aliphatic hydroxyl groups excluding tert-OH is 2. The van der Waals surface area contributed by atoms with E-state index in [4.69, 9.17) is 4.74 Å². The molecule has 3 saturated carbocycles. The van der Waals surface area contributed by atoms with Crippen LogP contribution in [0, 0.1) is 46.3 Å². The maximum absolute atomic E-state index is 11.4. The van der Waals surface area contributed by atoms with Gasteiger partial charge in [0.1, 0.15) is 6.10 Å². The Bertz CT molecular complexity index is 913. The van der Waals surface area contributed by atoms with Crippen molar-refractivity contribution in [3.63, 3.8) is 0 Å². The summed E-state index contributed by atoms with van der Waals surface area (Å²) >= 11 is 0. The summed E-state index contributed by atoms with van der Waals surface area (Å²) in [7, 11) is 0. The van der Waals surface area contributed by atoms with Crippen LogP contribution in [-0.2, 0) is 11.3 Å². The van der Waals surface area contributed by atoms with Crippen molar-refractivity contribution in [1.82, 2.24) is 10.2 Å². The van der Waals surface area contributed by atoms with Gasteiger partial charge in [0, 0.05) is 6.20 Å². The van der Waals surface area contributed by atoms with Gasteiger partial charge < -0.3 is 14.9 Å². The second kappa shape index (κ2) is 10.2. The van der Waals surface area contributed by atoms with Crippen LogP contribution in [0.5, 0.6) is 0 Å². The number of ether oxygens (including phenoxy) is 1. The molecule has 0 spiro atoms. The highest BCUT2D eigenvalue weighted by atomic mass is 16.5. The van der Waals surface area contributed by atoms with Crippen molar-refractivity contribution in [2.24, 2.45) is 46.3 Å². The highest BCUT2D eigenvalue weighted by Gasteiger charge is 2.60. The molecule has 0 saturated heterocycles. The van der Waals surface area contributed by atoms with Gasteiger partial charge in [-0.15, -0.1) is 0 Å². The number of nitrogens with one attached hydrogen (secondary N) is 1. The van der Waals surface area contributed by atoms with Gasteiger partial charge in [-0.05, 0) is 116 Å². The van der Waals surface area contributed by atoms with Crippen molar-refractivity contribution in [2.75, 3.05) is 0 Å². The van der Waals surface area contributed by atoms with Gasteiger partial charge in [-0.2, -0.15) is 5.10 Å². The van der Waals surface area contributed by atoms with Crippen LogP contribution in [0.25, 0.3) is 0 Å². The van der Waals surface area contributed by atoms with E-state index >= 15 is 0 Å². The highest BCUT2D eigenvalue weighted by Crippen LogP contribution is 2.67. The number of fused-ring (bicyclic) bond motifs is 5. The molecule has 36 heavy (non-hydrogen) atoms. The SMILES string of the molecule is CC(C)[C@@H](O)CC[C@@H](C)[C@H]1CC[C@H]2[C@@H]3CC=C4[C@@H](O)[C@@H](OCc5ccn[nH]5)CC[C@]4(C)[C@H]3CC[C@]12C. The molecule has 1 aromatic rings. The van der Waals surface area contributed by atoms with Crippen molar-refractivity contribution in [3.8, 4) is 0 Å². The number of aliphatic hydroxyl groups is 2. The Kier molecular flexibility index (Phi) is 7.48. The van der Waals surface area contributed by atoms with Crippen molar-refractivity contribution in [2.45, 2.75) is 117 Å². The fourth-order valence-corrected chi connectivity index (χ4v) is 9.39. The molecule has 5 heteroatoms. The molecule has 0 radical (unpaired) electrons. The lowest BCUT2D eigenvalue weighted by atomic mass is 9.46. The summed E-state index contributed by atoms with van der Waals surface area (Å²) in [5, 5.41) is 28.8. The Morgan fingerprint density at radius 3 is 2.61 bits per heavy atom. The first kappa shape index (κ1) is 26.4.